The van der Waals surface area contributed by atoms with Gasteiger partial charge in [-0.3, -0.25) is 0 Å². The first-order valence-electron chi connectivity index (χ1n) is 14.5. The third kappa shape index (κ3) is 10.2. The lowest BCUT2D eigenvalue weighted by Gasteiger charge is -2.40. The van der Waals surface area contributed by atoms with E-state index in [1.54, 1.807) is 28.5 Å². The van der Waals surface area contributed by atoms with E-state index in [0.717, 1.165) is 85.4 Å². The molecule has 0 atom stereocenters. The van der Waals surface area contributed by atoms with E-state index in [-0.39, 0.29) is 22.6 Å². The van der Waals surface area contributed by atoms with E-state index in [1.165, 1.54) is 24.3 Å². The van der Waals surface area contributed by atoms with Gasteiger partial charge < -0.3 is 4.74 Å². The summed E-state index contributed by atoms with van der Waals surface area (Å²) in [4.78, 5) is 14.9. The van der Waals surface area contributed by atoms with Crippen LogP contribution in [0.5, 0.6) is 0 Å². The molecule has 4 nitrogen and oxygen atoms in total. The van der Waals surface area contributed by atoms with Crippen LogP contribution in [0.4, 0.5) is 31.1 Å². The van der Waals surface area contributed by atoms with Gasteiger partial charge in [0.25, 0.3) is 0 Å². The molecule has 2 aliphatic carbocycles. The number of hydrogen-bond donors (Lipinski definition) is 1. The third-order valence-electron chi connectivity index (χ3n) is 7.56. The highest BCUT2D eigenvalue weighted by Crippen LogP contribution is 2.39. The Morgan fingerprint density at radius 2 is 1.09 bits per heavy atom. The fourth-order valence-corrected chi connectivity index (χ4v) is 7.75. The summed E-state index contributed by atoms with van der Waals surface area (Å²) in [6.07, 6.45) is -2.67. The van der Waals surface area contributed by atoms with Crippen molar-refractivity contribution in [3.63, 3.8) is 0 Å². The molecule has 2 aliphatic rings. The molecule has 1 amide bonds. The maximum atomic E-state index is 13.3. The minimum Gasteiger partial charge on any atom is -0.443 e. The van der Waals surface area contributed by atoms with Crippen molar-refractivity contribution in [3.8, 4) is 0 Å². The number of benzene rings is 2. The molecule has 0 spiro atoms. The highest BCUT2D eigenvalue weighted by atomic mass is 32.2. The van der Waals surface area contributed by atoms with Crippen molar-refractivity contribution in [2.75, 3.05) is 0 Å². The molecule has 0 radical (unpaired) electrons. The van der Waals surface area contributed by atoms with E-state index in [9.17, 15) is 31.1 Å². The third-order valence-corrected chi connectivity index (χ3v) is 10.3. The van der Waals surface area contributed by atoms with Gasteiger partial charge in [-0.15, -0.1) is 23.5 Å². The van der Waals surface area contributed by atoms with Gasteiger partial charge in [0.1, 0.15) is 5.60 Å². The van der Waals surface area contributed by atoms with Gasteiger partial charge in [0.05, 0.1) is 17.2 Å². The van der Waals surface area contributed by atoms with Crippen LogP contribution in [0.1, 0.15) is 83.3 Å². The molecular weight excluding hydrogens is 610 g/mol. The molecular formula is C31H38F6N2O2S2. The van der Waals surface area contributed by atoms with E-state index in [1.807, 2.05) is 20.8 Å². The molecule has 2 fully saturated rings. The van der Waals surface area contributed by atoms with Crippen molar-refractivity contribution in [2.45, 2.75) is 122 Å². The van der Waals surface area contributed by atoms with Gasteiger partial charge >= 0.3 is 18.4 Å². The summed E-state index contributed by atoms with van der Waals surface area (Å²) in [6.45, 7) is 5.47. The highest BCUT2D eigenvalue weighted by Gasteiger charge is 2.35. The van der Waals surface area contributed by atoms with Crippen LogP contribution in [0.3, 0.4) is 0 Å². The van der Waals surface area contributed by atoms with Crippen LogP contribution in [0, 0.1) is 0 Å². The number of hydrazine groups is 1. The Morgan fingerprint density at radius 3 is 1.47 bits per heavy atom. The van der Waals surface area contributed by atoms with Crippen molar-refractivity contribution in [1.82, 2.24) is 10.4 Å². The summed E-state index contributed by atoms with van der Waals surface area (Å²) in [5.74, 6) is 0. The van der Waals surface area contributed by atoms with Crippen LogP contribution < -0.4 is 5.43 Å². The maximum Gasteiger partial charge on any atom is 0.425 e. The Balaban J connectivity index is 1.30. The topological polar surface area (TPSA) is 41.6 Å². The second-order valence-electron chi connectivity index (χ2n) is 12.2. The number of rotatable bonds is 7. The average molecular weight is 649 g/mol. The summed E-state index contributed by atoms with van der Waals surface area (Å²) in [7, 11) is 0. The van der Waals surface area contributed by atoms with E-state index in [4.69, 9.17) is 4.74 Å². The molecule has 0 bridgehead atoms. The minimum absolute atomic E-state index is 0.0659. The van der Waals surface area contributed by atoms with Gasteiger partial charge in [-0.25, -0.2) is 15.2 Å². The largest absolute Gasteiger partial charge is 0.443 e. The molecule has 43 heavy (non-hydrogen) atoms. The van der Waals surface area contributed by atoms with E-state index < -0.39 is 35.2 Å². The van der Waals surface area contributed by atoms with E-state index in [2.05, 4.69) is 5.43 Å². The van der Waals surface area contributed by atoms with Crippen LogP contribution in [0.2, 0.25) is 0 Å². The monoisotopic (exact) mass is 648 g/mol. The van der Waals surface area contributed by atoms with Gasteiger partial charge in [0.15, 0.2) is 0 Å². The van der Waals surface area contributed by atoms with Gasteiger partial charge in [-0.2, -0.15) is 26.3 Å². The number of thioether (sulfide) groups is 2. The molecule has 12 heteroatoms. The summed E-state index contributed by atoms with van der Waals surface area (Å²) >= 11 is 3.17. The second kappa shape index (κ2) is 13.9. The lowest BCUT2D eigenvalue weighted by molar-refractivity contribution is -0.138. The number of nitrogens with zero attached hydrogens (tertiary/aromatic N) is 1. The van der Waals surface area contributed by atoms with Gasteiger partial charge in [0, 0.05) is 26.3 Å². The summed E-state index contributed by atoms with van der Waals surface area (Å²) in [5, 5.41) is 2.17. The molecule has 4 rings (SSSR count). The first kappa shape index (κ1) is 33.8. The van der Waals surface area contributed by atoms with Crippen molar-refractivity contribution in [2.24, 2.45) is 0 Å². The summed E-state index contributed by atoms with van der Waals surface area (Å²) in [5.41, 5.74) is 1.47. The zero-order valence-electron chi connectivity index (χ0n) is 24.4. The highest BCUT2D eigenvalue weighted by molar-refractivity contribution is 8.00. The number of ether oxygens (including phenoxy) is 1. The molecule has 2 saturated carbocycles. The molecule has 0 heterocycles. The lowest BCUT2D eigenvalue weighted by Crippen LogP contribution is -2.56. The number of nitrogens with one attached hydrogen (secondary N) is 1. The first-order chi connectivity index (χ1) is 20.1. The Hall–Kier alpha value is -2.05. The fourth-order valence-electron chi connectivity index (χ4n) is 5.38. The predicted octanol–water partition coefficient (Wildman–Crippen LogP) is 9.97. The number of hydrogen-bond acceptors (Lipinski definition) is 5. The van der Waals surface area contributed by atoms with Crippen molar-refractivity contribution >= 4 is 29.6 Å². The minimum atomic E-state index is -4.36. The van der Waals surface area contributed by atoms with Crippen molar-refractivity contribution in [3.05, 3.63) is 59.7 Å². The Bertz CT molecular complexity index is 1180. The molecule has 0 unspecified atom stereocenters. The first-order valence-corrected chi connectivity index (χ1v) is 16.3. The Labute approximate surface area is 257 Å². The zero-order chi connectivity index (χ0) is 31.4. The van der Waals surface area contributed by atoms with Crippen LogP contribution >= 0.6 is 23.5 Å². The van der Waals surface area contributed by atoms with E-state index >= 15 is 0 Å². The SMILES string of the molecule is CC(C)(C)OC(=O)N(NC1CCC(Sc2ccc(C(F)(F)F)cc2)CC1)C1CCC(Sc2ccc(C(F)(F)F)cc2)CC1. The number of halogens is 6. The number of carbonyl (C=O) groups excluding carboxylic acids is 1. The van der Waals surface area contributed by atoms with Crippen LogP contribution in [0.15, 0.2) is 58.3 Å². The molecule has 2 aromatic rings. The number of carbonyl (C=O) groups is 1. The number of alkyl halides is 6. The molecule has 0 aliphatic heterocycles. The predicted molar refractivity (Wildman–Crippen MR) is 158 cm³/mol. The summed E-state index contributed by atoms with van der Waals surface area (Å²) < 4.78 is 83.1. The molecule has 0 aromatic heterocycles. The van der Waals surface area contributed by atoms with E-state index in [0.29, 0.717) is 0 Å². The number of amides is 1. The van der Waals surface area contributed by atoms with Gasteiger partial charge in [-0.05, 0) is 121 Å². The second-order valence-corrected chi connectivity index (χ2v) is 14.9. The normalized spacial score (nSPS) is 23.6. The van der Waals surface area contributed by atoms with Crippen LogP contribution in [-0.4, -0.2) is 39.3 Å². The fraction of sp³-hybridized carbons (Fsp3) is 0.581. The molecule has 1 N–H and O–H groups in total. The van der Waals surface area contributed by atoms with Gasteiger partial charge in [-0.1, -0.05) is 0 Å². The Morgan fingerprint density at radius 1 is 0.698 bits per heavy atom. The van der Waals surface area contributed by atoms with Crippen LogP contribution in [-0.2, 0) is 17.1 Å². The van der Waals surface area contributed by atoms with Gasteiger partial charge in [0.2, 0.25) is 0 Å². The molecule has 238 valence electrons. The Kier molecular flexibility index (Phi) is 11.0. The lowest BCUT2D eigenvalue weighted by atomic mass is 9.93. The van der Waals surface area contributed by atoms with Crippen molar-refractivity contribution in [1.29, 1.82) is 0 Å². The maximum absolute atomic E-state index is 13.3. The summed E-state index contributed by atoms with van der Waals surface area (Å²) in [6, 6.07) is 10.5. The average Bonchev–Trinajstić information content (AvgIpc) is 2.92. The standard InChI is InChI=1S/C31H38F6N2O2S2/c1-29(2,3)41-28(40)39(23-10-18-27(19-11-23)43-25-14-6-21(7-15-25)31(35,36)37)38-22-8-16-26(17-9-22)42-24-12-4-20(5-13-24)30(32,33)34/h4-7,12-15,22-23,26-27,38H,8-11,16-19H2,1-3H3. The molecule has 0 saturated heterocycles. The molecule has 2 aromatic carbocycles. The smallest absolute Gasteiger partial charge is 0.425 e. The quantitative estimate of drug-likeness (QED) is 0.239. The van der Waals surface area contributed by atoms with Crippen LogP contribution in [0.25, 0.3) is 0 Å². The van der Waals surface area contributed by atoms with Crippen molar-refractivity contribution < 1.29 is 35.9 Å². The zero-order valence-corrected chi connectivity index (χ0v) is 26.1.